The number of halogens is 4. The van der Waals surface area contributed by atoms with Gasteiger partial charge in [0.1, 0.15) is 80.8 Å². The number of methoxy groups -OCH3 is 1. The Kier molecular flexibility index (Phi) is 37.9. The molecule has 1 aliphatic carbocycles. The maximum Gasteiger partial charge on any atom is 0.356 e. The van der Waals surface area contributed by atoms with E-state index in [1.807, 2.05) is 13.8 Å². The Balaban J connectivity index is 0.000000162. The second-order valence-electron chi connectivity index (χ2n) is 32.0. The zero-order chi connectivity index (χ0) is 103. The number of carbonyl (C=O) groups excluding carboxylic acids is 4. The van der Waals surface area contributed by atoms with Crippen LogP contribution in [-0.4, -0.2) is 187 Å². The van der Waals surface area contributed by atoms with Crippen molar-refractivity contribution in [1.29, 1.82) is 0 Å². The highest BCUT2D eigenvalue weighted by Crippen LogP contribution is 2.53. The summed E-state index contributed by atoms with van der Waals surface area (Å²) in [7, 11) is -14.2. The van der Waals surface area contributed by atoms with Crippen LogP contribution in [0.5, 0.6) is 5.75 Å². The Morgan fingerprint density at radius 2 is 0.655 bits per heavy atom. The molecule has 0 spiro atoms. The van der Waals surface area contributed by atoms with Gasteiger partial charge in [-0.05, 0) is 109 Å². The third-order valence-electron chi connectivity index (χ3n) is 21.0. The van der Waals surface area contributed by atoms with Crippen LogP contribution in [0.15, 0.2) is 214 Å². The van der Waals surface area contributed by atoms with Gasteiger partial charge in [0.05, 0.1) is 85.3 Å². The summed E-state index contributed by atoms with van der Waals surface area (Å²) in [6.07, 6.45) is 5.40. The normalized spacial score (nSPS) is 13.6. The highest BCUT2D eigenvalue weighted by molar-refractivity contribution is 7.54. The molecule has 4 atom stereocenters. The molecule has 0 aliphatic heterocycles. The van der Waals surface area contributed by atoms with Gasteiger partial charge in [0.15, 0.2) is 67.8 Å². The molecule has 0 bridgehead atoms. The molecule has 8 heterocycles. The molecule has 12 N–H and O–H groups in total. The molecule has 0 saturated heterocycles. The molecular formula is C92H98F4N20O25P4. The van der Waals surface area contributed by atoms with E-state index in [1.54, 1.807) is 115 Å². The van der Waals surface area contributed by atoms with Crippen LogP contribution in [0.25, 0.3) is 44.7 Å². The fourth-order valence-electron chi connectivity index (χ4n) is 13.3. The molecule has 7 aromatic carbocycles. The van der Waals surface area contributed by atoms with Gasteiger partial charge in [-0.1, -0.05) is 121 Å². The van der Waals surface area contributed by atoms with E-state index < -0.39 is 127 Å². The number of nitrogens with zero attached hydrogens (tertiary/aromatic N) is 12. The van der Waals surface area contributed by atoms with Gasteiger partial charge in [-0.15, -0.1) is 0 Å². The first-order valence-electron chi connectivity index (χ1n) is 44.1. The third-order valence-corrected chi connectivity index (χ3v) is 27.1. The summed E-state index contributed by atoms with van der Waals surface area (Å²) < 4.78 is 185. The van der Waals surface area contributed by atoms with Crippen molar-refractivity contribution in [3.8, 4) is 5.75 Å². The van der Waals surface area contributed by atoms with Gasteiger partial charge in [0.2, 0.25) is 23.8 Å². The number of aryl methyl sites for hydroxylation is 2. The maximum atomic E-state index is 13.6. The van der Waals surface area contributed by atoms with E-state index in [9.17, 15) is 74.2 Å². The number of imidazole rings is 4. The number of ether oxygens (including phenoxy) is 5. The Morgan fingerprint density at radius 1 is 0.366 bits per heavy atom. The van der Waals surface area contributed by atoms with Crippen LogP contribution in [0, 0.1) is 43.0 Å². The van der Waals surface area contributed by atoms with E-state index in [2.05, 4.69) is 59.8 Å². The Hall–Kier alpha value is -14.2. The van der Waals surface area contributed by atoms with Gasteiger partial charge in [0, 0.05) is 48.8 Å². The number of nitrogen functional groups attached to an aromatic ring is 4. The number of aromatic nitrogens is 16. The minimum absolute atomic E-state index is 0.0135. The van der Waals surface area contributed by atoms with Crippen molar-refractivity contribution >= 4 is 122 Å². The van der Waals surface area contributed by atoms with E-state index in [0.717, 1.165) is 24.0 Å². The predicted molar refractivity (Wildman–Crippen MR) is 519 cm³/mol. The topological polar surface area (TPSA) is 615 Å². The number of H-pyrrole nitrogens is 4. The van der Waals surface area contributed by atoms with Gasteiger partial charge < -0.3 is 83.0 Å². The minimum atomic E-state index is -3.99. The van der Waals surface area contributed by atoms with Crippen LogP contribution in [0.1, 0.15) is 77.3 Å². The van der Waals surface area contributed by atoms with Crippen molar-refractivity contribution < 1.29 is 115 Å². The zero-order valence-electron chi connectivity index (χ0n) is 77.8. The lowest BCUT2D eigenvalue weighted by Gasteiger charge is -2.19. The summed E-state index contributed by atoms with van der Waals surface area (Å²) in [4.78, 5) is 139. The number of rotatable bonds is 49. The largest absolute Gasteiger partial charge is 0.496 e. The number of nitrogens with two attached hydrogens (primary N) is 4. The summed E-state index contributed by atoms with van der Waals surface area (Å²) in [6.45, 7) is 2.00. The molecule has 145 heavy (non-hydrogen) atoms. The van der Waals surface area contributed by atoms with Crippen molar-refractivity contribution in [3.63, 3.8) is 0 Å². The van der Waals surface area contributed by atoms with Crippen LogP contribution in [-0.2, 0) is 131 Å². The molecule has 1 saturated carbocycles. The lowest BCUT2D eigenvalue weighted by molar-refractivity contribution is -0.122. The molecule has 1 fully saturated rings. The van der Waals surface area contributed by atoms with E-state index in [1.165, 1.54) is 105 Å². The predicted octanol–water partition coefficient (Wildman–Crippen LogP) is 12.2. The first-order valence-corrected chi connectivity index (χ1v) is 51.0. The van der Waals surface area contributed by atoms with E-state index in [0.29, 0.717) is 44.7 Å². The number of aromatic amines is 4. The van der Waals surface area contributed by atoms with Crippen LogP contribution in [0.3, 0.4) is 0 Å². The quantitative estimate of drug-likeness (QED) is 0.00760. The van der Waals surface area contributed by atoms with Crippen LogP contribution < -0.4 is 49.9 Å². The Bertz CT molecular complexity index is 7560. The number of benzene rings is 7. The number of hydrogen-bond donors (Lipinski definition) is 8. The summed E-state index contributed by atoms with van der Waals surface area (Å²) in [5.41, 5.74) is 26.8. The zero-order valence-corrected chi connectivity index (χ0v) is 81.4. The number of ketones is 4. The highest BCUT2D eigenvalue weighted by Gasteiger charge is 2.35. The van der Waals surface area contributed by atoms with Crippen LogP contribution in [0.4, 0.5) is 41.4 Å². The average Bonchev–Trinajstić information content (AvgIpc) is 1.67. The molecule has 0 radical (unpaired) electrons. The third kappa shape index (κ3) is 31.9. The number of nitrogens with one attached hydrogen (secondary N) is 4. The van der Waals surface area contributed by atoms with E-state index >= 15 is 0 Å². The second-order valence-corrected chi connectivity index (χ2v) is 40.0. The number of Topliss-reactive ketones (excluding diaryl/α,β-unsaturated/α-hetero) is 4. The molecular weight excluding hydrogens is 1990 g/mol. The fraction of sp³-hybridized carbons (Fsp3) is 0.283. The van der Waals surface area contributed by atoms with Crippen molar-refractivity contribution in [1.82, 2.24) is 78.1 Å². The lowest BCUT2D eigenvalue weighted by atomic mass is 10.1. The van der Waals surface area contributed by atoms with Crippen molar-refractivity contribution in [2.24, 2.45) is 5.92 Å². The second kappa shape index (κ2) is 50.8. The SMILES string of the molecule is COc1cc(C(=O)COP(=O)(COCCn2cnc3c(=O)[nH]c(N)nc32)OCc2cccc(F)c2)ccc1C.Cc1ccc(C(=O)COP(=O)(COCCn2cnc3c(=O)[nH]c(N)nc32)OCc2cccc(F)c2)cc1.Nc1nc2c(ncn2CCOCP(=O)(OCC(=O)C2CC2)OCc2cccc(F)c2)c(=O)[nH]1.Nc1nc2c(ncn2CCOCP(=O)(OCC(=O)c2ccccc2)OCc2cccc(F)c2)c(=O)[nH]1. The summed E-state index contributed by atoms with van der Waals surface area (Å²) in [5.74, 6) is -2.95. The average molecular weight is 2080 g/mol. The summed E-state index contributed by atoms with van der Waals surface area (Å²) in [6, 6.07) is 42.7. The smallest absolute Gasteiger partial charge is 0.356 e. The van der Waals surface area contributed by atoms with Crippen molar-refractivity contribution in [2.45, 2.75) is 79.3 Å². The molecule has 0 amide bonds. The molecule has 1 aliphatic rings. The number of hydrogen-bond acceptors (Lipinski definition) is 37. The molecule has 53 heteroatoms. The van der Waals surface area contributed by atoms with E-state index in [4.69, 9.17) is 82.8 Å². The van der Waals surface area contributed by atoms with Gasteiger partial charge in [0.25, 0.3) is 22.2 Å². The van der Waals surface area contributed by atoms with E-state index in [-0.39, 0.29) is 177 Å². The molecule has 16 rings (SSSR count). The Morgan fingerprint density at radius 3 is 0.952 bits per heavy atom. The van der Waals surface area contributed by atoms with Gasteiger partial charge in [-0.3, -0.25) is 94.6 Å². The van der Waals surface area contributed by atoms with Crippen LogP contribution in [0.2, 0.25) is 0 Å². The Labute approximate surface area is 820 Å². The first-order chi connectivity index (χ1) is 69.5. The van der Waals surface area contributed by atoms with Crippen molar-refractivity contribution in [2.75, 3.05) is 108 Å². The number of carbonyl (C=O) groups is 4. The minimum Gasteiger partial charge on any atom is -0.496 e. The number of fused-ring (bicyclic) bond motifs is 4. The summed E-state index contributed by atoms with van der Waals surface area (Å²) in [5, 5.41) is 0. The monoisotopic (exact) mass is 2080 g/mol. The maximum absolute atomic E-state index is 13.6. The highest BCUT2D eigenvalue weighted by atomic mass is 31.2. The van der Waals surface area contributed by atoms with Gasteiger partial charge in [-0.25, -0.2) is 37.5 Å². The molecule has 4 unspecified atom stereocenters. The molecule has 8 aromatic heterocycles. The summed E-state index contributed by atoms with van der Waals surface area (Å²) >= 11 is 0. The van der Waals surface area contributed by atoms with Crippen LogP contribution >= 0.6 is 30.4 Å². The van der Waals surface area contributed by atoms with Gasteiger partial charge in [-0.2, -0.15) is 19.9 Å². The number of anilines is 4. The fourth-order valence-corrected chi connectivity index (χ4v) is 18.3. The van der Waals surface area contributed by atoms with Gasteiger partial charge >= 0.3 is 30.4 Å². The standard InChI is InChI=1S/C25H27FN5O7P.C24H25FN5O6P.C23H23FN5O6P.C20H23FN5O6P/c1-16-6-7-18(11-21(16)35-2)20(32)13-38-39(34,37-12-17-4-3-5-19(26)10-17)15-36-9-8-31-14-28-22-23(31)29-25(27)30-24(22)33;1-16-5-7-18(8-6-16)20(31)13-36-37(33,35-12-17-3-2-4-19(25)11-17)15-34-10-9-30-14-27-21-22(30)28-24(26)29-23(21)32;24-18-8-4-5-16(11-18)12-34-36(32,35-13-19(30)17-6-2-1-3-7-17)15-33-10-9-29-14-26-20-21(29)27-23(25)28-22(20)31;21-15-3-1-2-13(8-15)9-31-33(29,32-10-16(27)14-4-5-14)12-30-7-6-26-11-23-17-18(26)24-20(22)25-19(17)28/h3-7,10-11,14H,8-9,12-13,15H2,1-2H3,(H3,27,29,30,33);2-8,11,14H,9-10,12-13,15H2,1H3,(H3,26,28,29,32);1-8,11,14H,9-10,12-13,15H2,(H3,25,27,28,31);1-3,8,11,14H,4-7,9-10,12H2,(H3,22,24,25,28). The molecule has 15 aromatic rings. The molecule has 45 nitrogen and oxygen atoms in total. The first kappa shape index (κ1) is 108. The van der Waals surface area contributed by atoms with Crippen molar-refractivity contribution in [3.05, 3.63) is 310 Å². The lowest BCUT2D eigenvalue weighted by Crippen LogP contribution is -2.14. The molecule has 764 valence electrons.